The first-order chi connectivity index (χ1) is 7.97. The maximum Gasteiger partial charge on any atom is 0.251 e. The molecule has 0 saturated heterocycles. The molecule has 0 aliphatic carbocycles. The van der Waals surface area contributed by atoms with Gasteiger partial charge in [-0.3, -0.25) is 4.90 Å². The van der Waals surface area contributed by atoms with E-state index in [1.165, 1.54) is 0 Å². The fourth-order valence-electron chi connectivity index (χ4n) is 1.37. The molecular weight excluding hydrogens is 244 g/mol. The number of hydrogen-bond donors (Lipinski definition) is 1. The van der Waals surface area contributed by atoms with Gasteiger partial charge in [0.25, 0.3) is 6.43 Å². The molecule has 0 aliphatic heterocycles. The highest BCUT2D eigenvalue weighted by atomic mass is 32.1. The average molecular weight is 263 g/mol. The molecule has 0 saturated carbocycles. The van der Waals surface area contributed by atoms with E-state index in [2.05, 4.69) is 24.1 Å². The average Bonchev–Trinajstić information content (AvgIpc) is 2.61. The highest BCUT2D eigenvalue weighted by Crippen LogP contribution is 2.12. The molecule has 1 N–H and O–H groups in total. The standard InChI is InChI=1S/C11H19F2N3S/c1-8(2)14-4-11-15-9(7-17-11)5-16(3)6-10(12)13/h7-8,10,14H,4-6H2,1-3H3. The van der Waals surface area contributed by atoms with Crippen LogP contribution in [0.3, 0.4) is 0 Å². The zero-order chi connectivity index (χ0) is 12.8. The third-order valence-corrected chi connectivity index (χ3v) is 3.04. The predicted octanol–water partition coefficient (Wildman–Crippen LogP) is 2.34. The second-order valence-corrected chi connectivity index (χ2v) is 5.30. The van der Waals surface area contributed by atoms with Gasteiger partial charge < -0.3 is 5.32 Å². The van der Waals surface area contributed by atoms with Crippen LogP contribution in [-0.2, 0) is 13.1 Å². The van der Waals surface area contributed by atoms with Crippen molar-refractivity contribution in [1.82, 2.24) is 15.2 Å². The maximum absolute atomic E-state index is 12.1. The summed E-state index contributed by atoms with van der Waals surface area (Å²) < 4.78 is 24.3. The quantitative estimate of drug-likeness (QED) is 0.818. The molecule has 1 rings (SSSR count). The predicted molar refractivity (Wildman–Crippen MR) is 66.4 cm³/mol. The van der Waals surface area contributed by atoms with E-state index in [0.717, 1.165) is 17.2 Å². The molecule has 1 heterocycles. The van der Waals surface area contributed by atoms with Crippen LogP contribution in [0.15, 0.2) is 5.38 Å². The van der Waals surface area contributed by atoms with Gasteiger partial charge in [-0.05, 0) is 7.05 Å². The SMILES string of the molecule is CC(C)NCc1nc(CN(C)CC(F)F)cs1. The maximum atomic E-state index is 12.1. The number of halogens is 2. The molecular formula is C11H19F2N3S. The number of nitrogens with zero attached hydrogens (tertiary/aromatic N) is 2. The van der Waals surface area contributed by atoms with Crippen LogP contribution in [0.5, 0.6) is 0 Å². The third kappa shape index (κ3) is 6.05. The lowest BCUT2D eigenvalue weighted by Gasteiger charge is -2.13. The van der Waals surface area contributed by atoms with E-state index >= 15 is 0 Å². The van der Waals surface area contributed by atoms with Gasteiger partial charge in [0, 0.05) is 24.5 Å². The Morgan fingerprint density at radius 2 is 2.18 bits per heavy atom. The van der Waals surface area contributed by atoms with Gasteiger partial charge in [0.1, 0.15) is 5.01 Å². The van der Waals surface area contributed by atoms with Crippen molar-refractivity contribution in [2.24, 2.45) is 0 Å². The second kappa shape index (κ2) is 6.98. The fraction of sp³-hybridized carbons (Fsp3) is 0.727. The van der Waals surface area contributed by atoms with E-state index in [1.807, 2.05) is 5.38 Å². The summed E-state index contributed by atoms with van der Waals surface area (Å²) >= 11 is 1.56. The van der Waals surface area contributed by atoms with Crippen LogP contribution in [0.25, 0.3) is 0 Å². The van der Waals surface area contributed by atoms with Gasteiger partial charge in [0.2, 0.25) is 0 Å². The first kappa shape index (κ1) is 14.5. The zero-order valence-corrected chi connectivity index (χ0v) is 11.2. The Balaban J connectivity index is 2.39. The Labute approximate surface area is 105 Å². The largest absolute Gasteiger partial charge is 0.308 e. The number of aromatic nitrogens is 1. The van der Waals surface area contributed by atoms with Crippen LogP contribution in [0.2, 0.25) is 0 Å². The Hall–Kier alpha value is -0.590. The van der Waals surface area contributed by atoms with Crippen molar-refractivity contribution in [2.45, 2.75) is 39.4 Å². The molecule has 0 bridgehead atoms. The van der Waals surface area contributed by atoms with E-state index < -0.39 is 6.43 Å². The highest BCUT2D eigenvalue weighted by Gasteiger charge is 2.10. The van der Waals surface area contributed by atoms with Crippen LogP contribution in [-0.4, -0.2) is 35.9 Å². The summed E-state index contributed by atoms with van der Waals surface area (Å²) in [6, 6.07) is 0.420. The van der Waals surface area contributed by atoms with Gasteiger partial charge in [-0.1, -0.05) is 13.8 Å². The normalized spacial score (nSPS) is 12.0. The van der Waals surface area contributed by atoms with Gasteiger partial charge in [0.15, 0.2) is 0 Å². The summed E-state index contributed by atoms with van der Waals surface area (Å²) in [6.45, 7) is 5.15. The summed E-state index contributed by atoms with van der Waals surface area (Å²) in [5.74, 6) is 0. The lowest BCUT2D eigenvalue weighted by molar-refractivity contribution is 0.0971. The summed E-state index contributed by atoms with van der Waals surface area (Å²) in [6.07, 6.45) is -2.29. The molecule has 0 atom stereocenters. The first-order valence-corrected chi connectivity index (χ1v) is 6.48. The van der Waals surface area contributed by atoms with Crippen molar-refractivity contribution in [1.29, 1.82) is 0 Å². The second-order valence-electron chi connectivity index (χ2n) is 4.36. The van der Waals surface area contributed by atoms with Crippen LogP contribution >= 0.6 is 11.3 Å². The van der Waals surface area contributed by atoms with Crippen LogP contribution in [0, 0.1) is 0 Å². The fourth-order valence-corrected chi connectivity index (χ4v) is 2.11. The number of nitrogens with one attached hydrogen (secondary N) is 1. The van der Waals surface area contributed by atoms with E-state index in [-0.39, 0.29) is 6.54 Å². The molecule has 0 fully saturated rings. The Morgan fingerprint density at radius 1 is 1.47 bits per heavy atom. The monoisotopic (exact) mass is 263 g/mol. The summed E-state index contributed by atoms with van der Waals surface area (Å²) in [7, 11) is 1.68. The molecule has 0 unspecified atom stereocenters. The van der Waals surface area contributed by atoms with Gasteiger partial charge in [-0.25, -0.2) is 13.8 Å². The molecule has 3 nitrogen and oxygen atoms in total. The summed E-state index contributed by atoms with van der Waals surface area (Å²) in [4.78, 5) is 5.98. The smallest absolute Gasteiger partial charge is 0.251 e. The molecule has 6 heteroatoms. The number of hydrogen-bond acceptors (Lipinski definition) is 4. The number of rotatable bonds is 7. The minimum atomic E-state index is -2.29. The van der Waals surface area contributed by atoms with Crippen molar-refractivity contribution < 1.29 is 8.78 Å². The van der Waals surface area contributed by atoms with E-state index in [0.29, 0.717) is 12.6 Å². The molecule has 0 aromatic carbocycles. The van der Waals surface area contributed by atoms with Crippen LogP contribution in [0.4, 0.5) is 8.78 Å². The van der Waals surface area contributed by atoms with Crippen molar-refractivity contribution in [3.05, 3.63) is 16.1 Å². The number of thiazole rings is 1. The van der Waals surface area contributed by atoms with Crippen molar-refractivity contribution in [3.8, 4) is 0 Å². The Morgan fingerprint density at radius 3 is 2.76 bits per heavy atom. The molecule has 0 spiro atoms. The molecule has 98 valence electrons. The number of alkyl halides is 2. The van der Waals surface area contributed by atoms with Crippen LogP contribution < -0.4 is 5.32 Å². The van der Waals surface area contributed by atoms with Gasteiger partial charge in [-0.2, -0.15) is 0 Å². The lowest BCUT2D eigenvalue weighted by atomic mass is 10.4. The van der Waals surface area contributed by atoms with Crippen LogP contribution in [0.1, 0.15) is 24.5 Å². The third-order valence-electron chi connectivity index (χ3n) is 2.14. The van der Waals surface area contributed by atoms with E-state index in [9.17, 15) is 8.78 Å². The van der Waals surface area contributed by atoms with Gasteiger partial charge in [0.05, 0.1) is 12.2 Å². The van der Waals surface area contributed by atoms with Crippen molar-refractivity contribution >= 4 is 11.3 Å². The molecule has 0 radical (unpaired) electrons. The van der Waals surface area contributed by atoms with E-state index in [1.54, 1.807) is 23.3 Å². The van der Waals surface area contributed by atoms with E-state index in [4.69, 9.17) is 0 Å². The lowest BCUT2D eigenvalue weighted by Crippen LogP contribution is -2.24. The Kier molecular flexibility index (Phi) is 5.94. The zero-order valence-electron chi connectivity index (χ0n) is 10.4. The van der Waals surface area contributed by atoms with Crippen molar-refractivity contribution in [3.63, 3.8) is 0 Å². The molecule has 1 aromatic rings. The summed E-state index contributed by atoms with van der Waals surface area (Å²) in [5.41, 5.74) is 0.860. The topological polar surface area (TPSA) is 28.2 Å². The van der Waals surface area contributed by atoms with Gasteiger partial charge >= 0.3 is 0 Å². The molecule has 17 heavy (non-hydrogen) atoms. The summed E-state index contributed by atoms with van der Waals surface area (Å²) in [5, 5.41) is 6.20. The molecule has 0 aliphatic rings. The minimum absolute atomic E-state index is 0.211. The Bertz CT molecular complexity index is 328. The first-order valence-electron chi connectivity index (χ1n) is 5.60. The minimum Gasteiger partial charge on any atom is -0.308 e. The van der Waals surface area contributed by atoms with Gasteiger partial charge in [-0.15, -0.1) is 11.3 Å². The van der Waals surface area contributed by atoms with Crippen molar-refractivity contribution in [2.75, 3.05) is 13.6 Å². The highest BCUT2D eigenvalue weighted by molar-refractivity contribution is 7.09. The molecule has 0 amide bonds. The molecule has 1 aromatic heterocycles.